The zero-order valence-corrected chi connectivity index (χ0v) is 27.5. The van der Waals surface area contributed by atoms with Gasteiger partial charge in [0.15, 0.2) is 18.2 Å². The van der Waals surface area contributed by atoms with E-state index < -0.39 is 121 Å². The van der Waals surface area contributed by atoms with Gasteiger partial charge in [0, 0.05) is 17.7 Å². The van der Waals surface area contributed by atoms with Crippen LogP contribution in [0.25, 0.3) is 22.3 Å². The molecular weight excluding hydrogens is 700 g/mol. The van der Waals surface area contributed by atoms with E-state index in [4.69, 9.17) is 32.8 Å². The minimum absolute atomic E-state index is 0.144. The third-order valence-electron chi connectivity index (χ3n) is 9.25. The first kappa shape index (κ1) is 38.1. The molecule has 0 saturated carbocycles. The predicted octanol–water partition coefficient (Wildman–Crippen LogP) is -2.89. The lowest BCUT2D eigenvalue weighted by atomic mass is 9.97. The summed E-state index contributed by atoms with van der Waals surface area (Å²) in [6, 6.07) is 7.43. The quantitative estimate of drug-likeness (QED) is 0.110. The molecule has 6 rings (SSSR count). The average Bonchev–Trinajstić information content (AvgIpc) is 3.11. The Morgan fingerprint density at radius 2 is 1.27 bits per heavy atom. The van der Waals surface area contributed by atoms with Crippen LogP contribution in [0.3, 0.4) is 0 Å². The van der Waals surface area contributed by atoms with E-state index in [1.807, 2.05) is 0 Å². The molecule has 19 nitrogen and oxygen atoms in total. The van der Waals surface area contributed by atoms with Gasteiger partial charge in [-0.25, -0.2) is 0 Å². The molecule has 2 aromatic carbocycles. The summed E-state index contributed by atoms with van der Waals surface area (Å²) in [5.41, 5.74) is -1.14. The molecule has 0 amide bonds. The predicted molar refractivity (Wildman–Crippen MR) is 170 cm³/mol. The highest BCUT2D eigenvalue weighted by atomic mass is 16.8. The Bertz CT molecular complexity index is 1760. The first-order valence-electron chi connectivity index (χ1n) is 16.2. The summed E-state index contributed by atoms with van der Waals surface area (Å²) < 4.78 is 40.1. The SMILES string of the molecule is C[C@@H]1O[C@@H](Oc2cc(O)c3c(=O)c(O[C@@H]4O[C@@H](C)[C@H](O)[C@@H](O)[C@H]4O[C@@H]4O[C@H](CO)[C@@H](O)[C@@H](O)[C@H]4O)c(-c4ccc(O)cc4)oc3c2)[C@H](O)[C@H](O)[C@H]1O. The Balaban J connectivity index is 1.40. The van der Waals surface area contributed by atoms with E-state index in [1.54, 1.807) is 0 Å². The van der Waals surface area contributed by atoms with Crippen molar-refractivity contribution in [1.29, 1.82) is 0 Å². The number of aromatic hydroxyl groups is 2. The van der Waals surface area contributed by atoms with Gasteiger partial charge in [-0.1, -0.05) is 0 Å². The van der Waals surface area contributed by atoms with Crippen LogP contribution in [0, 0.1) is 0 Å². The van der Waals surface area contributed by atoms with E-state index in [2.05, 4.69) is 0 Å². The maximum atomic E-state index is 14.2. The van der Waals surface area contributed by atoms with Crippen LogP contribution in [0.15, 0.2) is 45.6 Å². The van der Waals surface area contributed by atoms with Crippen LogP contribution in [0.4, 0.5) is 0 Å². The van der Waals surface area contributed by atoms with Gasteiger partial charge < -0.3 is 89.0 Å². The van der Waals surface area contributed by atoms with Gasteiger partial charge in [0.25, 0.3) is 0 Å². The average molecular weight is 741 g/mol. The molecule has 3 aromatic rings. The van der Waals surface area contributed by atoms with Crippen molar-refractivity contribution in [2.45, 2.75) is 106 Å². The molecule has 3 fully saturated rings. The minimum atomic E-state index is -1.93. The Labute approximate surface area is 293 Å². The van der Waals surface area contributed by atoms with Gasteiger partial charge in [-0.15, -0.1) is 0 Å². The van der Waals surface area contributed by atoms with Crippen LogP contribution >= 0.6 is 0 Å². The number of fused-ring (bicyclic) bond motifs is 1. The summed E-state index contributed by atoms with van der Waals surface area (Å²) in [5.74, 6) is -1.97. The van der Waals surface area contributed by atoms with Crippen molar-refractivity contribution >= 4 is 11.0 Å². The van der Waals surface area contributed by atoms with E-state index in [0.29, 0.717) is 0 Å². The summed E-state index contributed by atoms with van der Waals surface area (Å²) in [5, 5.41) is 113. The van der Waals surface area contributed by atoms with E-state index in [1.165, 1.54) is 44.2 Å². The van der Waals surface area contributed by atoms with E-state index in [9.17, 15) is 61.0 Å². The number of phenolic OH excluding ortho intramolecular Hbond substituents is 2. The molecule has 1 aromatic heterocycles. The number of hydrogen-bond donors (Lipinski definition) is 11. The van der Waals surface area contributed by atoms with Gasteiger partial charge in [-0.2, -0.15) is 0 Å². The fraction of sp³-hybridized carbons (Fsp3) is 0.545. The largest absolute Gasteiger partial charge is 0.508 e. The first-order valence-corrected chi connectivity index (χ1v) is 16.2. The van der Waals surface area contributed by atoms with E-state index in [-0.39, 0.29) is 28.4 Å². The van der Waals surface area contributed by atoms with Crippen molar-refractivity contribution in [3.63, 3.8) is 0 Å². The van der Waals surface area contributed by atoms with Crippen molar-refractivity contribution in [1.82, 2.24) is 0 Å². The number of hydrogen-bond acceptors (Lipinski definition) is 19. The van der Waals surface area contributed by atoms with Crippen molar-refractivity contribution in [3.8, 4) is 34.3 Å². The lowest BCUT2D eigenvalue weighted by molar-refractivity contribution is -0.355. The van der Waals surface area contributed by atoms with Crippen molar-refractivity contribution < 1.29 is 89.0 Å². The molecule has 0 radical (unpaired) electrons. The summed E-state index contributed by atoms with van der Waals surface area (Å²) in [7, 11) is 0. The highest BCUT2D eigenvalue weighted by Gasteiger charge is 2.51. The second kappa shape index (κ2) is 15.0. The van der Waals surface area contributed by atoms with Crippen molar-refractivity contribution in [2.24, 2.45) is 0 Å². The van der Waals surface area contributed by atoms with Crippen LogP contribution in [0.5, 0.6) is 23.0 Å². The monoisotopic (exact) mass is 740 g/mol. The highest BCUT2D eigenvalue weighted by Crippen LogP contribution is 2.39. The third kappa shape index (κ3) is 7.03. The van der Waals surface area contributed by atoms with Crippen LogP contribution < -0.4 is 14.9 Å². The third-order valence-corrected chi connectivity index (χ3v) is 9.25. The molecule has 3 aliphatic heterocycles. The molecule has 0 aliphatic carbocycles. The number of ether oxygens (including phenoxy) is 6. The molecule has 3 saturated heterocycles. The Hall–Kier alpha value is -3.67. The highest BCUT2D eigenvalue weighted by molar-refractivity contribution is 5.88. The van der Waals surface area contributed by atoms with Crippen LogP contribution in [-0.4, -0.2) is 155 Å². The Morgan fingerprint density at radius 1 is 0.673 bits per heavy atom. The van der Waals surface area contributed by atoms with Gasteiger partial charge in [-0.05, 0) is 38.1 Å². The lowest BCUT2D eigenvalue weighted by Gasteiger charge is -2.45. The number of rotatable bonds is 8. The fourth-order valence-corrected chi connectivity index (χ4v) is 6.17. The summed E-state index contributed by atoms with van der Waals surface area (Å²) in [6.45, 7) is 2.02. The molecule has 4 heterocycles. The maximum absolute atomic E-state index is 14.2. The van der Waals surface area contributed by atoms with Crippen molar-refractivity contribution in [2.75, 3.05) is 6.61 Å². The molecule has 19 heteroatoms. The number of phenols is 2. The first-order chi connectivity index (χ1) is 24.6. The normalized spacial score (nSPS) is 38.2. The van der Waals surface area contributed by atoms with Crippen LogP contribution in [0.2, 0.25) is 0 Å². The summed E-state index contributed by atoms with van der Waals surface area (Å²) in [6.07, 6.45) is -24.1. The number of aliphatic hydroxyl groups is 9. The smallest absolute Gasteiger partial charge is 0.239 e. The van der Waals surface area contributed by atoms with Crippen LogP contribution in [0.1, 0.15) is 13.8 Å². The van der Waals surface area contributed by atoms with Crippen molar-refractivity contribution in [3.05, 3.63) is 46.6 Å². The van der Waals surface area contributed by atoms with Gasteiger partial charge in [0.2, 0.25) is 23.8 Å². The molecule has 52 heavy (non-hydrogen) atoms. The molecular formula is C33H40O19. The van der Waals surface area contributed by atoms with Gasteiger partial charge in [0.05, 0.1) is 18.8 Å². The van der Waals surface area contributed by atoms with Gasteiger partial charge in [0.1, 0.15) is 83.2 Å². The summed E-state index contributed by atoms with van der Waals surface area (Å²) >= 11 is 0. The molecule has 0 unspecified atom stereocenters. The number of benzene rings is 2. The van der Waals surface area contributed by atoms with E-state index in [0.717, 1.165) is 6.07 Å². The minimum Gasteiger partial charge on any atom is -0.508 e. The van der Waals surface area contributed by atoms with E-state index >= 15 is 0 Å². The lowest BCUT2D eigenvalue weighted by Crippen LogP contribution is -2.64. The Morgan fingerprint density at radius 3 is 1.92 bits per heavy atom. The van der Waals surface area contributed by atoms with Gasteiger partial charge in [-0.3, -0.25) is 4.79 Å². The standard InChI is InChI=1S/C33H40O19/c1-10-19(37)23(41)26(44)31(46-10)48-14-7-15(36)18-16(8-14)49-28(12-3-5-13(35)6-4-12)29(22(18)40)51-33-30(25(43)20(38)11(2)47-33)52-32-27(45)24(42)21(39)17(9-34)50-32/h3-8,10-11,17,19-21,23-27,30-39,41-45H,9H2,1-2H3/t10-,11-,17+,19-,20-,21+,23+,24+,25+,26+,27+,30+,31-,32-,33-/m0/s1. The Kier molecular flexibility index (Phi) is 11.0. The second-order valence-corrected chi connectivity index (χ2v) is 12.9. The van der Waals surface area contributed by atoms with Gasteiger partial charge >= 0.3 is 0 Å². The fourth-order valence-electron chi connectivity index (χ4n) is 6.17. The maximum Gasteiger partial charge on any atom is 0.239 e. The molecule has 15 atom stereocenters. The molecule has 11 N–H and O–H groups in total. The zero-order valence-electron chi connectivity index (χ0n) is 27.5. The molecule has 3 aliphatic rings. The second-order valence-electron chi connectivity index (χ2n) is 12.9. The molecule has 286 valence electrons. The van der Waals surface area contributed by atoms with Crippen LogP contribution in [-0.2, 0) is 18.9 Å². The molecule has 0 spiro atoms. The topological polar surface area (TPSA) is 308 Å². The zero-order chi connectivity index (χ0) is 37.8. The summed E-state index contributed by atoms with van der Waals surface area (Å²) in [4.78, 5) is 14.2. The molecule has 0 bridgehead atoms. The number of aliphatic hydroxyl groups excluding tert-OH is 9.